The number of piperidine rings is 1. The summed E-state index contributed by atoms with van der Waals surface area (Å²) in [6.07, 6.45) is 5.24. The molecule has 0 aromatic carbocycles. The lowest BCUT2D eigenvalue weighted by Crippen LogP contribution is -2.50. The molecule has 17 heavy (non-hydrogen) atoms. The van der Waals surface area contributed by atoms with Crippen molar-refractivity contribution in [1.29, 1.82) is 0 Å². The number of nitrogens with zero attached hydrogens (tertiary/aromatic N) is 1. The number of hydrogen-bond acceptors (Lipinski definition) is 3. The lowest BCUT2D eigenvalue weighted by Gasteiger charge is -2.29. The summed E-state index contributed by atoms with van der Waals surface area (Å²) in [7, 11) is 0. The Hall–Kier alpha value is -1.10. The van der Waals surface area contributed by atoms with Crippen LogP contribution in [-0.2, 0) is 9.59 Å². The Labute approximate surface area is 101 Å². The second kappa shape index (κ2) is 5.49. The van der Waals surface area contributed by atoms with Crippen LogP contribution in [0, 0.1) is 5.92 Å². The number of amides is 1. The number of carboxylic acids is 1. The third-order valence-electron chi connectivity index (χ3n) is 3.42. The number of hydrogen-bond donors (Lipinski definition) is 2. The predicted octanol–water partition coefficient (Wildman–Crippen LogP) is 0.452. The Bertz CT molecular complexity index is 296. The summed E-state index contributed by atoms with van der Waals surface area (Å²) >= 11 is 0. The van der Waals surface area contributed by atoms with Gasteiger partial charge < -0.3 is 15.3 Å². The van der Waals surface area contributed by atoms with Gasteiger partial charge in [-0.25, -0.2) is 0 Å². The molecule has 0 bridgehead atoms. The van der Waals surface area contributed by atoms with Gasteiger partial charge >= 0.3 is 5.97 Å². The fourth-order valence-corrected chi connectivity index (χ4v) is 2.29. The zero-order valence-electron chi connectivity index (χ0n) is 10.0. The third kappa shape index (κ3) is 3.70. The van der Waals surface area contributed by atoms with Crippen molar-refractivity contribution in [2.75, 3.05) is 19.6 Å². The van der Waals surface area contributed by atoms with Crippen molar-refractivity contribution in [3.8, 4) is 0 Å². The van der Waals surface area contributed by atoms with Crippen LogP contribution >= 0.6 is 0 Å². The first-order valence-corrected chi connectivity index (χ1v) is 6.41. The van der Waals surface area contributed by atoms with E-state index in [-0.39, 0.29) is 18.5 Å². The maximum absolute atomic E-state index is 12.2. The van der Waals surface area contributed by atoms with Crippen LogP contribution in [0.3, 0.4) is 0 Å². The maximum Gasteiger partial charge on any atom is 0.323 e. The Morgan fingerprint density at radius 3 is 2.53 bits per heavy atom. The van der Waals surface area contributed by atoms with Crippen molar-refractivity contribution in [3.63, 3.8) is 0 Å². The van der Waals surface area contributed by atoms with E-state index < -0.39 is 5.97 Å². The summed E-state index contributed by atoms with van der Waals surface area (Å²) in [5, 5.41) is 12.0. The molecular formula is C12H20N2O3. The van der Waals surface area contributed by atoms with Crippen LogP contribution in [0.5, 0.6) is 0 Å². The quantitative estimate of drug-likeness (QED) is 0.732. The largest absolute Gasteiger partial charge is 0.480 e. The van der Waals surface area contributed by atoms with Gasteiger partial charge in [-0.1, -0.05) is 6.42 Å². The van der Waals surface area contributed by atoms with Gasteiger partial charge in [0.2, 0.25) is 5.91 Å². The summed E-state index contributed by atoms with van der Waals surface area (Å²) in [6.45, 7) is 1.32. The molecule has 5 heteroatoms. The lowest BCUT2D eigenvalue weighted by molar-refractivity contribution is -0.145. The van der Waals surface area contributed by atoms with E-state index in [9.17, 15) is 9.59 Å². The van der Waals surface area contributed by atoms with E-state index >= 15 is 0 Å². The second-order valence-electron chi connectivity index (χ2n) is 5.06. The highest BCUT2D eigenvalue weighted by molar-refractivity contribution is 5.85. The average molecular weight is 240 g/mol. The van der Waals surface area contributed by atoms with Crippen molar-refractivity contribution in [1.82, 2.24) is 10.2 Å². The van der Waals surface area contributed by atoms with Crippen LogP contribution in [-0.4, -0.2) is 47.6 Å². The van der Waals surface area contributed by atoms with E-state index in [0.717, 1.165) is 38.6 Å². The number of nitrogens with one attached hydrogen (secondary N) is 1. The fourth-order valence-electron chi connectivity index (χ4n) is 2.29. The summed E-state index contributed by atoms with van der Waals surface area (Å²) in [6, 6.07) is -0.165. The molecule has 0 radical (unpaired) electrons. The Morgan fingerprint density at radius 2 is 2.00 bits per heavy atom. The van der Waals surface area contributed by atoms with Gasteiger partial charge in [0.15, 0.2) is 0 Å². The third-order valence-corrected chi connectivity index (χ3v) is 3.42. The summed E-state index contributed by atoms with van der Waals surface area (Å²) in [5.41, 5.74) is 0. The SMILES string of the molecule is O=C(O)CN(CC1CC1)C(=O)[C@H]1CCCCN1. The van der Waals surface area contributed by atoms with Crippen LogP contribution < -0.4 is 5.32 Å². The smallest absolute Gasteiger partial charge is 0.323 e. The number of carbonyl (C=O) groups is 2. The maximum atomic E-state index is 12.2. The van der Waals surface area contributed by atoms with E-state index in [0.29, 0.717) is 12.5 Å². The normalized spacial score (nSPS) is 24.4. The lowest BCUT2D eigenvalue weighted by atomic mass is 10.0. The first-order chi connectivity index (χ1) is 8.16. The zero-order chi connectivity index (χ0) is 12.3. The highest BCUT2D eigenvalue weighted by atomic mass is 16.4. The van der Waals surface area contributed by atoms with Crippen molar-refractivity contribution in [3.05, 3.63) is 0 Å². The van der Waals surface area contributed by atoms with Crippen LogP contribution in [0.2, 0.25) is 0 Å². The molecular weight excluding hydrogens is 220 g/mol. The Kier molecular flexibility index (Phi) is 3.99. The van der Waals surface area contributed by atoms with Gasteiger partial charge in [-0.2, -0.15) is 0 Å². The molecule has 2 rings (SSSR count). The highest BCUT2D eigenvalue weighted by Crippen LogP contribution is 2.30. The fraction of sp³-hybridized carbons (Fsp3) is 0.833. The van der Waals surface area contributed by atoms with Gasteiger partial charge in [0, 0.05) is 6.54 Å². The van der Waals surface area contributed by atoms with Crippen LogP contribution in [0.4, 0.5) is 0 Å². The van der Waals surface area contributed by atoms with E-state index in [2.05, 4.69) is 5.32 Å². The topological polar surface area (TPSA) is 69.6 Å². The summed E-state index contributed by atoms with van der Waals surface area (Å²) < 4.78 is 0. The number of rotatable bonds is 5. The molecule has 0 unspecified atom stereocenters. The molecule has 0 spiro atoms. The Morgan fingerprint density at radius 1 is 1.24 bits per heavy atom. The van der Waals surface area contributed by atoms with Crippen LogP contribution in [0.15, 0.2) is 0 Å². The predicted molar refractivity (Wildman–Crippen MR) is 62.6 cm³/mol. The highest BCUT2D eigenvalue weighted by Gasteiger charge is 2.31. The van der Waals surface area contributed by atoms with E-state index in [4.69, 9.17) is 5.11 Å². The number of aliphatic carboxylic acids is 1. The number of carboxylic acid groups (broad SMARTS) is 1. The summed E-state index contributed by atoms with van der Waals surface area (Å²) in [4.78, 5) is 24.5. The molecule has 0 aromatic heterocycles. The average Bonchev–Trinajstić information content (AvgIpc) is 3.12. The van der Waals surface area contributed by atoms with Crippen LogP contribution in [0.1, 0.15) is 32.1 Å². The monoisotopic (exact) mass is 240 g/mol. The van der Waals surface area contributed by atoms with Gasteiger partial charge in [0.1, 0.15) is 6.54 Å². The van der Waals surface area contributed by atoms with E-state index in [1.54, 1.807) is 0 Å². The number of carbonyl (C=O) groups excluding carboxylic acids is 1. The zero-order valence-corrected chi connectivity index (χ0v) is 10.0. The summed E-state index contributed by atoms with van der Waals surface area (Å²) in [5.74, 6) is -0.421. The molecule has 1 aliphatic carbocycles. The molecule has 1 saturated heterocycles. The van der Waals surface area contributed by atoms with Gasteiger partial charge in [-0.15, -0.1) is 0 Å². The van der Waals surface area contributed by atoms with Crippen LogP contribution in [0.25, 0.3) is 0 Å². The van der Waals surface area contributed by atoms with Crippen molar-refractivity contribution < 1.29 is 14.7 Å². The molecule has 2 aliphatic rings. The minimum Gasteiger partial charge on any atom is -0.480 e. The molecule has 1 atom stereocenters. The second-order valence-corrected chi connectivity index (χ2v) is 5.06. The van der Waals surface area contributed by atoms with Crippen molar-refractivity contribution in [2.45, 2.75) is 38.1 Å². The molecule has 1 aliphatic heterocycles. The van der Waals surface area contributed by atoms with Gasteiger partial charge in [-0.3, -0.25) is 9.59 Å². The minimum absolute atomic E-state index is 0.0287. The van der Waals surface area contributed by atoms with Crippen molar-refractivity contribution >= 4 is 11.9 Å². The van der Waals surface area contributed by atoms with Gasteiger partial charge in [-0.05, 0) is 38.1 Å². The first kappa shape index (κ1) is 12.4. The molecule has 1 saturated carbocycles. The molecule has 5 nitrogen and oxygen atoms in total. The first-order valence-electron chi connectivity index (χ1n) is 6.41. The van der Waals surface area contributed by atoms with Crippen molar-refractivity contribution in [2.24, 2.45) is 5.92 Å². The molecule has 96 valence electrons. The van der Waals surface area contributed by atoms with E-state index in [1.807, 2.05) is 0 Å². The standard InChI is InChI=1S/C12H20N2O3/c15-11(16)8-14(7-9-4-5-9)12(17)10-3-1-2-6-13-10/h9-10,13H,1-8H2,(H,15,16)/t10-/m1/s1. The molecule has 2 fully saturated rings. The molecule has 1 heterocycles. The van der Waals surface area contributed by atoms with Gasteiger partial charge in [0.05, 0.1) is 6.04 Å². The van der Waals surface area contributed by atoms with Gasteiger partial charge in [0.25, 0.3) is 0 Å². The molecule has 1 amide bonds. The minimum atomic E-state index is -0.921. The molecule has 2 N–H and O–H groups in total. The Balaban J connectivity index is 1.91. The molecule has 0 aromatic rings. The van der Waals surface area contributed by atoms with E-state index in [1.165, 1.54) is 4.90 Å².